The minimum atomic E-state index is -3.12. The molecular formula is C13H27NO3S. The van der Waals surface area contributed by atoms with E-state index in [1.807, 2.05) is 20.9 Å². The second-order valence-electron chi connectivity index (χ2n) is 5.12. The van der Waals surface area contributed by atoms with Crippen molar-refractivity contribution in [2.24, 2.45) is 0 Å². The normalized spacial score (nSPS) is 28.2. The molecular weight excluding hydrogens is 250 g/mol. The van der Waals surface area contributed by atoms with Crippen molar-refractivity contribution in [1.82, 2.24) is 5.32 Å². The SMILES string of the molecule is CCCC(NC)C(CC)S(=O)(=O)C1CCOC1C. The third-order valence-corrected chi connectivity index (χ3v) is 6.94. The van der Waals surface area contributed by atoms with Crippen LogP contribution in [0.15, 0.2) is 0 Å². The van der Waals surface area contributed by atoms with Crippen LogP contribution < -0.4 is 5.32 Å². The molecule has 18 heavy (non-hydrogen) atoms. The Bertz CT molecular complexity index is 342. The zero-order valence-electron chi connectivity index (χ0n) is 12.0. The van der Waals surface area contributed by atoms with E-state index >= 15 is 0 Å². The lowest BCUT2D eigenvalue weighted by Crippen LogP contribution is -2.47. The highest BCUT2D eigenvalue weighted by Crippen LogP contribution is 2.28. The average molecular weight is 277 g/mol. The molecule has 0 spiro atoms. The molecule has 5 heteroatoms. The van der Waals surface area contributed by atoms with Crippen molar-refractivity contribution >= 4 is 9.84 Å². The lowest BCUT2D eigenvalue weighted by Gasteiger charge is -2.29. The van der Waals surface area contributed by atoms with Crippen LogP contribution in [0.25, 0.3) is 0 Å². The van der Waals surface area contributed by atoms with Crippen molar-refractivity contribution in [2.45, 2.75) is 69.1 Å². The van der Waals surface area contributed by atoms with Gasteiger partial charge in [0.05, 0.1) is 16.6 Å². The summed E-state index contributed by atoms with van der Waals surface area (Å²) in [5, 5.41) is 2.56. The second-order valence-corrected chi connectivity index (χ2v) is 7.51. The fraction of sp³-hybridized carbons (Fsp3) is 1.00. The minimum absolute atomic E-state index is 0.0535. The number of sulfone groups is 1. The summed E-state index contributed by atoms with van der Waals surface area (Å²) in [5.41, 5.74) is 0. The van der Waals surface area contributed by atoms with E-state index in [9.17, 15) is 8.42 Å². The number of rotatable bonds is 7. The first-order valence-electron chi connectivity index (χ1n) is 7.00. The molecule has 0 bridgehead atoms. The summed E-state index contributed by atoms with van der Waals surface area (Å²) in [7, 11) is -1.27. The molecule has 4 atom stereocenters. The van der Waals surface area contributed by atoms with Crippen LogP contribution in [0.4, 0.5) is 0 Å². The smallest absolute Gasteiger partial charge is 0.160 e. The van der Waals surface area contributed by atoms with E-state index in [1.165, 1.54) is 0 Å². The molecule has 0 aliphatic carbocycles. The van der Waals surface area contributed by atoms with Crippen LogP contribution in [0.2, 0.25) is 0 Å². The van der Waals surface area contributed by atoms with Gasteiger partial charge in [-0.2, -0.15) is 0 Å². The summed E-state index contributed by atoms with van der Waals surface area (Å²) in [6.07, 6.45) is 3.03. The van der Waals surface area contributed by atoms with Gasteiger partial charge in [-0.1, -0.05) is 20.3 Å². The van der Waals surface area contributed by atoms with Crippen LogP contribution in [-0.2, 0) is 14.6 Å². The lowest BCUT2D eigenvalue weighted by molar-refractivity contribution is 0.126. The molecule has 1 aliphatic heterocycles. The quantitative estimate of drug-likeness (QED) is 0.770. The molecule has 1 fully saturated rings. The van der Waals surface area contributed by atoms with E-state index in [2.05, 4.69) is 12.2 Å². The Morgan fingerprint density at radius 3 is 2.44 bits per heavy atom. The third kappa shape index (κ3) is 3.25. The van der Waals surface area contributed by atoms with Crippen molar-refractivity contribution in [1.29, 1.82) is 0 Å². The molecule has 0 aromatic rings. The van der Waals surface area contributed by atoms with E-state index in [0.717, 1.165) is 12.8 Å². The summed E-state index contributed by atoms with van der Waals surface area (Å²) < 4.78 is 30.9. The highest BCUT2D eigenvalue weighted by Gasteiger charge is 2.42. The first-order chi connectivity index (χ1) is 8.48. The predicted octanol–water partition coefficient (Wildman–Crippen LogP) is 1.75. The Morgan fingerprint density at radius 2 is 2.06 bits per heavy atom. The average Bonchev–Trinajstić information content (AvgIpc) is 2.75. The van der Waals surface area contributed by atoms with Gasteiger partial charge in [0.2, 0.25) is 0 Å². The minimum Gasteiger partial charge on any atom is -0.377 e. The number of hydrogen-bond donors (Lipinski definition) is 1. The Labute approximate surface area is 111 Å². The maximum absolute atomic E-state index is 12.7. The molecule has 108 valence electrons. The van der Waals surface area contributed by atoms with Crippen molar-refractivity contribution in [3.05, 3.63) is 0 Å². The Kier molecular flexibility index (Phi) is 6.08. The van der Waals surface area contributed by atoms with Crippen LogP contribution in [-0.4, -0.2) is 44.7 Å². The molecule has 0 amide bonds. The molecule has 0 radical (unpaired) electrons. The van der Waals surface area contributed by atoms with E-state index in [1.54, 1.807) is 0 Å². The van der Waals surface area contributed by atoms with Gasteiger partial charge in [0.1, 0.15) is 0 Å². The second kappa shape index (κ2) is 6.87. The van der Waals surface area contributed by atoms with Crippen LogP contribution in [0.5, 0.6) is 0 Å². The molecule has 4 unspecified atom stereocenters. The highest BCUT2D eigenvalue weighted by molar-refractivity contribution is 7.92. The lowest BCUT2D eigenvalue weighted by atomic mass is 10.1. The first-order valence-corrected chi connectivity index (χ1v) is 8.61. The summed E-state index contributed by atoms with van der Waals surface area (Å²) in [6.45, 7) is 6.49. The van der Waals surface area contributed by atoms with E-state index in [4.69, 9.17) is 4.74 Å². The Morgan fingerprint density at radius 1 is 1.39 bits per heavy atom. The Hall–Kier alpha value is -0.130. The van der Waals surface area contributed by atoms with Crippen LogP contribution in [0.1, 0.15) is 46.5 Å². The van der Waals surface area contributed by atoms with Gasteiger partial charge < -0.3 is 10.1 Å². The summed E-state index contributed by atoms with van der Waals surface area (Å²) >= 11 is 0. The molecule has 1 N–H and O–H groups in total. The molecule has 1 saturated heterocycles. The monoisotopic (exact) mass is 277 g/mol. The summed E-state index contributed by atoms with van der Waals surface area (Å²) in [6, 6.07) is 0.0535. The summed E-state index contributed by atoms with van der Waals surface area (Å²) in [4.78, 5) is 0. The highest BCUT2D eigenvalue weighted by atomic mass is 32.2. The third-order valence-electron chi connectivity index (χ3n) is 3.97. The molecule has 1 heterocycles. The number of ether oxygens (including phenoxy) is 1. The largest absolute Gasteiger partial charge is 0.377 e. The van der Waals surface area contributed by atoms with Gasteiger partial charge in [-0.15, -0.1) is 0 Å². The zero-order valence-corrected chi connectivity index (χ0v) is 12.8. The van der Waals surface area contributed by atoms with Gasteiger partial charge in [-0.25, -0.2) is 8.42 Å². The van der Waals surface area contributed by atoms with E-state index in [-0.39, 0.29) is 22.6 Å². The molecule has 4 nitrogen and oxygen atoms in total. The van der Waals surface area contributed by atoms with Gasteiger partial charge in [-0.3, -0.25) is 0 Å². The fourth-order valence-corrected chi connectivity index (χ4v) is 5.62. The van der Waals surface area contributed by atoms with E-state index in [0.29, 0.717) is 19.4 Å². The molecule has 1 rings (SSSR count). The fourth-order valence-electron chi connectivity index (χ4n) is 2.94. The maximum atomic E-state index is 12.7. The van der Waals surface area contributed by atoms with Crippen LogP contribution >= 0.6 is 0 Å². The van der Waals surface area contributed by atoms with Gasteiger partial charge in [-0.05, 0) is 33.2 Å². The molecule has 1 aliphatic rings. The molecule has 0 aromatic carbocycles. The number of hydrogen-bond acceptors (Lipinski definition) is 4. The van der Waals surface area contributed by atoms with Crippen molar-refractivity contribution < 1.29 is 13.2 Å². The standard InChI is InChI=1S/C13H27NO3S/c1-5-7-11(14-4)12(6-2)18(15,16)13-8-9-17-10(13)3/h10-14H,5-9H2,1-4H3. The topological polar surface area (TPSA) is 55.4 Å². The first kappa shape index (κ1) is 15.9. The van der Waals surface area contributed by atoms with E-state index < -0.39 is 9.84 Å². The number of nitrogens with one attached hydrogen (secondary N) is 1. The maximum Gasteiger partial charge on any atom is 0.160 e. The van der Waals surface area contributed by atoms with Crippen molar-refractivity contribution in [3.8, 4) is 0 Å². The Balaban J connectivity index is 2.91. The zero-order chi connectivity index (χ0) is 13.8. The van der Waals surface area contributed by atoms with Crippen LogP contribution in [0.3, 0.4) is 0 Å². The van der Waals surface area contributed by atoms with Gasteiger partial charge in [0.15, 0.2) is 9.84 Å². The van der Waals surface area contributed by atoms with Crippen molar-refractivity contribution in [3.63, 3.8) is 0 Å². The van der Waals surface area contributed by atoms with Crippen molar-refractivity contribution in [2.75, 3.05) is 13.7 Å². The molecule has 0 saturated carbocycles. The molecule has 0 aromatic heterocycles. The van der Waals surface area contributed by atoms with Gasteiger partial charge >= 0.3 is 0 Å². The summed E-state index contributed by atoms with van der Waals surface area (Å²) in [5.74, 6) is 0. The van der Waals surface area contributed by atoms with Gasteiger partial charge in [0.25, 0.3) is 0 Å². The van der Waals surface area contributed by atoms with Gasteiger partial charge in [0, 0.05) is 12.6 Å². The predicted molar refractivity (Wildman–Crippen MR) is 74.6 cm³/mol. The van der Waals surface area contributed by atoms with Crippen LogP contribution in [0, 0.1) is 0 Å².